The Hall–Kier alpha value is -3.29. The number of hydrogen-bond donors (Lipinski definition) is 2. The number of allylic oxidation sites excluding steroid dienone is 1. The Bertz CT molecular complexity index is 920. The molecule has 0 spiro atoms. The summed E-state index contributed by atoms with van der Waals surface area (Å²) in [5, 5.41) is 19.7. The van der Waals surface area contributed by atoms with E-state index in [9.17, 15) is 24.6 Å². The van der Waals surface area contributed by atoms with Crippen molar-refractivity contribution in [3.05, 3.63) is 34.2 Å². The number of aromatic hydroxyl groups is 1. The van der Waals surface area contributed by atoms with Crippen LogP contribution < -0.4 is 14.9 Å². The molecule has 0 amide bonds. The van der Waals surface area contributed by atoms with Crippen LogP contribution in [-0.4, -0.2) is 29.1 Å². The van der Waals surface area contributed by atoms with Crippen LogP contribution in [0.5, 0.6) is 17.2 Å². The van der Waals surface area contributed by atoms with Gasteiger partial charge >= 0.3 is 5.97 Å². The molecular weight excluding hydrogens is 320 g/mol. The van der Waals surface area contributed by atoms with E-state index in [0.717, 1.165) is 25.3 Å². The van der Waals surface area contributed by atoms with Gasteiger partial charge in [0, 0.05) is 19.1 Å². The number of carbonyl (C=O) groups is 2. The Balaban J connectivity index is 2.88. The van der Waals surface area contributed by atoms with Crippen LogP contribution in [0.25, 0.3) is 16.7 Å². The van der Waals surface area contributed by atoms with E-state index in [1.54, 1.807) is 0 Å². The molecule has 8 nitrogen and oxygen atoms in total. The summed E-state index contributed by atoms with van der Waals surface area (Å²) in [6.07, 6.45) is 1.73. The van der Waals surface area contributed by atoms with Gasteiger partial charge in [-0.25, -0.2) is 0 Å². The molecule has 1 aromatic carbocycles. The van der Waals surface area contributed by atoms with Crippen molar-refractivity contribution in [2.45, 2.75) is 13.8 Å². The Morgan fingerprint density at radius 2 is 1.92 bits per heavy atom. The second-order valence-corrected chi connectivity index (χ2v) is 4.84. The van der Waals surface area contributed by atoms with Gasteiger partial charge in [-0.15, -0.1) is 0 Å². The van der Waals surface area contributed by atoms with Crippen molar-refractivity contribution >= 4 is 28.5 Å². The first-order chi connectivity index (χ1) is 11.3. The SMILES string of the molecule is COc1cc(OC(C)=O)c2c(=O)c(C(O)=CC(C)=O)coc2c1O. The molecule has 0 radical (unpaired) electrons. The molecule has 0 saturated carbocycles. The minimum atomic E-state index is -0.791. The highest BCUT2D eigenvalue weighted by atomic mass is 16.5. The summed E-state index contributed by atoms with van der Waals surface area (Å²) in [5.41, 5.74) is -1.40. The number of carbonyl (C=O) groups excluding carboxylic acids is 2. The van der Waals surface area contributed by atoms with Crippen LogP contribution in [0.4, 0.5) is 0 Å². The average molecular weight is 334 g/mol. The molecule has 0 fully saturated rings. The molecule has 24 heavy (non-hydrogen) atoms. The second-order valence-electron chi connectivity index (χ2n) is 4.84. The fourth-order valence-corrected chi connectivity index (χ4v) is 2.08. The summed E-state index contributed by atoms with van der Waals surface area (Å²) in [6, 6.07) is 1.14. The number of hydrogen-bond acceptors (Lipinski definition) is 8. The first-order valence-electron chi connectivity index (χ1n) is 6.71. The highest BCUT2D eigenvalue weighted by Gasteiger charge is 2.22. The van der Waals surface area contributed by atoms with Crippen molar-refractivity contribution in [2.24, 2.45) is 0 Å². The Labute approximate surface area is 135 Å². The summed E-state index contributed by atoms with van der Waals surface area (Å²) in [6.45, 7) is 2.32. The first-order valence-corrected chi connectivity index (χ1v) is 6.71. The minimum Gasteiger partial charge on any atom is -0.507 e. The van der Waals surface area contributed by atoms with Gasteiger partial charge in [0.05, 0.1) is 12.7 Å². The molecule has 0 aliphatic heterocycles. The van der Waals surface area contributed by atoms with Crippen LogP contribution in [0.2, 0.25) is 0 Å². The topological polar surface area (TPSA) is 123 Å². The summed E-state index contributed by atoms with van der Waals surface area (Å²) < 4.78 is 15.1. The van der Waals surface area contributed by atoms with Gasteiger partial charge in [-0.1, -0.05) is 0 Å². The molecule has 0 aliphatic rings. The number of rotatable bonds is 4. The van der Waals surface area contributed by atoms with Gasteiger partial charge < -0.3 is 24.1 Å². The number of benzene rings is 1. The van der Waals surface area contributed by atoms with Crippen LogP contribution in [-0.2, 0) is 9.59 Å². The monoisotopic (exact) mass is 334 g/mol. The predicted molar refractivity (Wildman–Crippen MR) is 83.3 cm³/mol. The van der Waals surface area contributed by atoms with Crippen molar-refractivity contribution in [2.75, 3.05) is 7.11 Å². The second kappa shape index (κ2) is 6.45. The standard InChI is InChI=1S/C16H14O8/c1-7(17)4-10(19)9-6-23-16-13(14(9)20)11(24-8(2)18)5-12(22-3)15(16)21/h4-6,19,21H,1-3H3. The van der Waals surface area contributed by atoms with Crippen molar-refractivity contribution < 1.29 is 33.7 Å². The third kappa shape index (κ3) is 3.07. The molecule has 126 valence electrons. The minimum absolute atomic E-state index is 0.0712. The summed E-state index contributed by atoms with van der Waals surface area (Å²) >= 11 is 0. The molecule has 2 rings (SSSR count). The quantitative estimate of drug-likeness (QED) is 0.376. The largest absolute Gasteiger partial charge is 0.507 e. The lowest BCUT2D eigenvalue weighted by Gasteiger charge is -2.11. The molecule has 2 aromatic rings. The zero-order valence-corrected chi connectivity index (χ0v) is 13.1. The zero-order chi connectivity index (χ0) is 18.0. The van der Waals surface area contributed by atoms with Gasteiger partial charge in [-0.05, 0) is 6.92 Å². The Kier molecular flexibility index (Phi) is 4.59. The lowest BCUT2D eigenvalue weighted by atomic mass is 10.1. The number of aliphatic hydroxyl groups is 1. The number of aliphatic hydroxyl groups excluding tert-OH is 1. The van der Waals surface area contributed by atoms with E-state index in [0.29, 0.717) is 0 Å². The van der Waals surface area contributed by atoms with Crippen LogP contribution >= 0.6 is 0 Å². The lowest BCUT2D eigenvalue weighted by Crippen LogP contribution is -2.12. The van der Waals surface area contributed by atoms with Crippen LogP contribution in [0.1, 0.15) is 19.4 Å². The molecule has 2 N–H and O–H groups in total. The average Bonchev–Trinajstić information content (AvgIpc) is 2.48. The van der Waals surface area contributed by atoms with Crippen molar-refractivity contribution in [3.63, 3.8) is 0 Å². The van der Waals surface area contributed by atoms with Gasteiger partial charge in [0.25, 0.3) is 0 Å². The third-order valence-corrected chi connectivity index (χ3v) is 3.04. The molecule has 1 aromatic heterocycles. The predicted octanol–water partition coefficient (Wildman–Crippen LogP) is 1.92. The van der Waals surface area contributed by atoms with Gasteiger partial charge in [0.15, 0.2) is 17.1 Å². The van der Waals surface area contributed by atoms with E-state index in [2.05, 4.69) is 0 Å². The van der Waals surface area contributed by atoms with E-state index >= 15 is 0 Å². The van der Waals surface area contributed by atoms with Gasteiger partial charge in [0.1, 0.15) is 23.2 Å². The van der Waals surface area contributed by atoms with Crippen LogP contribution in [0, 0.1) is 0 Å². The molecule has 0 bridgehead atoms. The smallest absolute Gasteiger partial charge is 0.308 e. The van der Waals surface area contributed by atoms with E-state index in [1.807, 2.05) is 0 Å². The van der Waals surface area contributed by atoms with Crippen molar-refractivity contribution in [3.8, 4) is 17.2 Å². The molecule has 0 saturated heterocycles. The first kappa shape index (κ1) is 17.1. The number of esters is 1. The number of fused-ring (bicyclic) bond motifs is 1. The number of ether oxygens (including phenoxy) is 2. The van der Waals surface area contributed by atoms with E-state index in [-0.39, 0.29) is 28.0 Å². The van der Waals surface area contributed by atoms with E-state index < -0.39 is 28.7 Å². The zero-order valence-electron chi connectivity index (χ0n) is 13.1. The van der Waals surface area contributed by atoms with E-state index in [4.69, 9.17) is 13.9 Å². The fraction of sp³-hybridized carbons (Fsp3) is 0.188. The summed E-state index contributed by atoms with van der Waals surface area (Å²) in [4.78, 5) is 34.9. The Morgan fingerprint density at radius 3 is 2.46 bits per heavy atom. The number of methoxy groups -OCH3 is 1. The maximum atomic E-state index is 12.6. The normalized spacial score (nSPS) is 11.4. The van der Waals surface area contributed by atoms with Crippen LogP contribution in [0.15, 0.2) is 27.6 Å². The van der Waals surface area contributed by atoms with Crippen molar-refractivity contribution in [1.29, 1.82) is 0 Å². The third-order valence-electron chi connectivity index (χ3n) is 3.04. The fourth-order valence-electron chi connectivity index (χ4n) is 2.08. The molecule has 0 aliphatic carbocycles. The number of phenolic OH excluding ortho intramolecular Hbond substituents is 1. The molecular formula is C16H14O8. The van der Waals surface area contributed by atoms with Gasteiger partial charge in [-0.2, -0.15) is 0 Å². The van der Waals surface area contributed by atoms with Gasteiger partial charge in [-0.3, -0.25) is 14.4 Å². The summed E-state index contributed by atoms with van der Waals surface area (Å²) in [5.74, 6) is -2.55. The highest BCUT2D eigenvalue weighted by Crippen LogP contribution is 2.39. The maximum absolute atomic E-state index is 12.6. The molecule has 8 heteroatoms. The number of phenols is 1. The number of ketones is 1. The maximum Gasteiger partial charge on any atom is 0.308 e. The Morgan fingerprint density at radius 1 is 1.25 bits per heavy atom. The van der Waals surface area contributed by atoms with E-state index in [1.165, 1.54) is 14.0 Å². The molecule has 0 atom stereocenters. The molecule has 0 unspecified atom stereocenters. The molecule has 1 heterocycles. The highest BCUT2D eigenvalue weighted by molar-refractivity contribution is 5.96. The lowest BCUT2D eigenvalue weighted by molar-refractivity contribution is -0.131. The van der Waals surface area contributed by atoms with Crippen LogP contribution in [0.3, 0.4) is 0 Å². The van der Waals surface area contributed by atoms with Gasteiger partial charge in [0.2, 0.25) is 11.2 Å². The summed E-state index contributed by atoms with van der Waals surface area (Å²) in [7, 11) is 1.27. The van der Waals surface area contributed by atoms with Crippen molar-refractivity contribution in [1.82, 2.24) is 0 Å².